The van der Waals surface area contributed by atoms with Crippen LogP contribution in [-0.4, -0.2) is 10.7 Å². The minimum Gasteiger partial charge on any atom is -0.349 e. The van der Waals surface area contributed by atoms with Crippen molar-refractivity contribution in [1.29, 1.82) is 0 Å². The van der Waals surface area contributed by atoms with Crippen LogP contribution in [0.25, 0.3) is 22.4 Å². The molecule has 2 aromatic carbocycles. The van der Waals surface area contributed by atoms with Crippen molar-refractivity contribution < 1.29 is 0 Å². The molecule has 0 bridgehead atoms. The Morgan fingerprint density at radius 2 is 1.48 bits per heavy atom. The number of aromatic amines is 1. The van der Waals surface area contributed by atoms with Crippen molar-refractivity contribution in [2.24, 2.45) is 0 Å². The van der Waals surface area contributed by atoms with Crippen LogP contribution in [0.15, 0.2) is 72.3 Å². The molecule has 0 radical (unpaired) electrons. The fourth-order valence-corrected chi connectivity index (χ4v) is 3.28. The summed E-state index contributed by atoms with van der Waals surface area (Å²) in [5.74, 6) is 0.862. The normalized spacial score (nSPS) is 10.7. The molecule has 0 unspecified atom stereocenters. The molecule has 3 aromatic rings. The molecule has 1 nitrogen and oxygen atoms in total. The van der Waals surface area contributed by atoms with E-state index in [1.165, 1.54) is 0 Å². The molecule has 0 aliphatic carbocycles. The fourth-order valence-electron chi connectivity index (χ4n) is 2.36. The molecule has 4 heteroatoms. The van der Waals surface area contributed by atoms with E-state index in [0.717, 1.165) is 43.2 Å². The maximum atomic E-state index is 6.01. The second-order valence-corrected chi connectivity index (χ2v) is 6.97. The van der Waals surface area contributed by atoms with Gasteiger partial charge in [-0.25, -0.2) is 0 Å². The molecule has 0 atom stereocenters. The van der Waals surface area contributed by atoms with E-state index in [4.69, 9.17) is 23.2 Å². The molecule has 0 amide bonds. The molecule has 1 heterocycles. The van der Waals surface area contributed by atoms with Gasteiger partial charge < -0.3 is 4.98 Å². The Morgan fingerprint density at radius 1 is 0.913 bits per heavy atom. The largest absolute Gasteiger partial charge is 0.349 e. The average molecular weight is 360 g/mol. The summed E-state index contributed by atoms with van der Waals surface area (Å²) in [6.45, 7) is 3.78. The summed E-state index contributed by atoms with van der Waals surface area (Å²) in [5, 5.41) is 2.58. The number of hydrogen-bond donors (Lipinski definition) is 1. The Morgan fingerprint density at radius 3 is 2.04 bits per heavy atom. The smallest absolute Gasteiger partial charge is 0.0735 e. The van der Waals surface area contributed by atoms with Crippen LogP contribution in [0.4, 0.5) is 0 Å². The highest BCUT2D eigenvalue weighted by atomic mass is 35.5. The van der Waals surface area contributed by atoms with E-state index in [1.807, 2.05) is 54.6 Å². The van der Waals surface area contributed by atoms with E-state index in [0.29, 0.717) is 0 Å². The summed E-state index contributed by atoms with van der Waals surface area (Å²) in [6, 6.07) is 17.9. The molecule has 0 saturated carbocycles. The lowest BCUT2D eigenvalue weighted by atomic mass is 10.0. The van der Waals surface area contributed by atoms with E-state index in [1.54, 1.807) is 11.8 Å². The number of thioether (sulfide) groups is 1. The summed E-state index contributed by atoms with van der Waals surface area (Å²) < 4.78 is 0. The Labute approximate surface area is 150 Å². The zero-order valence-corrected chi connectivity index (χ0v) is 14.7. The first kappa shape index (κ1) is 16.3. The molecule has 1 aromatic heterocycles. The molecular formula is C19H15Cl2NS. The molecular weight excluding hydrogens is 345 g/mol. The van der Waals surface area contributed by atoms with Gasteiger partial charge in [-0.1, -0.05) is 53.5 Å². The summed E-state index contributed by atoms with van der Waals surface area (Å²) in [6.07, 6.45) is 1.90. The zero-order valence-electron chi connectivity index (χ0n) is 12.4. The van der Waals surface area contributed by atoms with Gasteiger partial charge in [0.05, 0.1) is 10.7 Å². The van der Waals surface area contributed by atoms with Gasteiger partial charge in [0.25, 0.3) is 0 Å². The Bertz CT molecular complexity index is 741. The lowest BCUT2D eigenvalue weighted by molar-refractivity contribution is 1.21. The first-order valence-corrected chi connectivity index (χ1v) is 8.90. The van der Waals surface area contributed by atoms with Crippen molar-refractivity contribution in [3.63, 3.8) is 0 Å². The van der Waals surface area contributed by atoms with Crippen LogP contribution in [0.2, 0.25) is 10.0 Å². The van der Waals surface area contributed by atoms with E-state index in [9.17, 15) is 0 Å². The van der Waals surface area contributed by atoms with Gasteiger partial charge in [0, 0.05) is 21.4 Å². The van der Waals surface area contributed by atoms with Gasteiger partial charge in [0.15, 0.2) is 0 Å². The summed E-state index contributed by atoms with van der Waals surface area (Å²) in [4.78, 5) is 3.50. The molecule has 0 aliphatic heterocycles. The van der Waals surface area contributed by atoms with Crippen LogP contribution in [0.5, 0.6) is 0 Å². The highest BCUT2D eigenvalue weighted by Crippen LogP contribution is 2.36. The van der Waals surface area contributed by atoms with Crippen molar-refractivity contribution in [2.75, 3.05) is 5.75 Å². The summed E-state index contributed by atoms with van der Waals surface area (Å²) in [5.41, 5.74) is 4.46. The van der Waals surface area contributed by atoms with Crippen molar-refractivity contribution >= 4 is 35.0 Å². The molecule has 23 heavy (non-hydrogen) atoms. The third kappa shape index (κ3) is 3.84. The predicted octanol–water partition coefficient (Wildman–Crippen LogP) is 6.93. The maximum absolute atomic E-state index is 6.01. The molecule has 0 spiro atoms. The fraction of sp³-hybridized carbons (Fsp3) is 0.0526. The second-order valence-electron chi connectivity index (χ2n) is 5.04. The van der Waals surface area contributed by atoms with Crippen LogP contribution in [0.3, 0.4) is 0 Å². The lowest BCUT2D eigenvalue weighted by Gasteiger charge is -2.05. The van der Waals surface area contributed by atoms with Gasteiger partial charge in [-0.15, -0.1) is 18.3 Å². The molecule has 1 N–H and O–H groups in total. The summed E-state index contributed by atoms with van der Waals surface area (Å²) >= 11 is 13.7. The number of hydrogen-bond acceptors (Lipinski definition) is 1. The van der Waals surface area contributed by atoms with E-state index < -0.39 is 0 Å². The summed E-state index contributed by atoms with van der Waals surface area (Å²) in [7, 11) is 0. The molecule has 0 aliphatic rings. The minimum atomic E-state index is 0.731. The molecule has 0 saturated heterocycles. The van der Waals surface area contributed by atoms with E-state index in [-0.39, 0.29) is 0 Å². The molecule has 0 fully saturated rings. The van der Waals surface area contributed by atoms with Crippen molar-refractivity contribution in [1.82, 2.24) is 4.98 Å². The van der Waals surface area contributed by atoms with Gasteiger partial charge in [0.1, 0.15) is 0 Å². The zero-order chi connectivity index (χ0) is 16.2. The first-order chi connectivity index (χ1) is 11.2. The standard InChI is InChI=1S/C19H15Cl2NS/c1-2-11-23-18-12-17(13-3-7-15(20)8-4-13)19(22-18)14-5-9-16(21)10-6-14/h2-10,12,22H,1,11H2. The highest BCUT2D eigenvalue weighted by molar-refractivity contribution is 7.99. The number of nitrogens with one attached hydrogen (secondary N) is 1. The Kier molecular flexibility index (Phi) is 5.16. The SMILES string of the molecule is C=CCSc1cc(-c2ccc(Cl)cc2)c(-c2ccc(Cl)cc2)[nH]1. The number of halogens is 2. The number of rotatable bonds is 5. The first-order valence-electron chi connectivity index (χ1n) is 7.16. The molecule has 3 rings (SSSR count). The maximum Gasteiger partial charge on any atom is 0.0735 e. The van der Waals surface area contributed by atoms with Gasteiger partial charge in [-0.3, -0.25) is 0 Å². The molecule has 116 valence electrons. The van der Waals surface area contributed by atoms with Gasteiger partial charge in [0.2, 0.25) is 0 Å². The van der Waals surface area contributed by atoms with Crippen molar-refractivity contribution in [2.45, 2.75) is 5.03 Å². The van der Waals surface area contributed by atoms with Crippen LogP contribution < -0.4 is 0 Å². The van der Waals surface area contributed by atoms with E-state index >= 15 is 0 Å². The van der Waals surface area contributed by atoms with Crippen LogP contribution >= 0.6 is 35.0 Å². The highest BCUT2D eigenvalue weighted by Gasteiger charge is 2.12. The Balaban J connectivity index is 2.08. The van der Waals surface area contributed by atoms with E-state index in [2.05, 4.69) is 17.6 Å². The number of aromatic nitrogens is 1. The average Bonchev–Trinajstić information content (AvgIpc) is 2.98. The third-order valence-electron chi connectivity index (χ3n) is 3.44. The minimum absolute atomic E-state index is 0.731. The topological polar surface area (TPSA) is 15.8 Å². The van der Waals surface area contributed by atoms with Gasteiger partial charge in [-0.2, -0.15) is 0 Å². The lowest BCUT2D eigenvalue weighted by Crippen LogP contribution is -1.82. The third-order valence-corrected chi connectivity index (χ3v) is 4.88. The second kappa shape index (κ2) is 7.31. The van der Waals surface area contributed by atoms with Gasteiger partial charge in [-0.05, 0) is 41.5 Å². The van der Waals surface area contributed by atoms with Crippen LogP contribution in [-0.2, 0) is 0 Å². The van der Waals surface area contributed by atoms with Crippen LogP contribution in [0, 0.1) is 0 Å². The van der Waals surface area contributed by atoms with Crippen LogP contribution in [0.1, 0.15) is 0 Å². The number of H-pyrrole nitrogens is 1. The van der Waals surface area contributed by atoms with Gasteiger partial charge >= 0.3 is 0 Å². The monoisotopic (exact) mass is 359 g/mol. The van der Waals surface area contributed by atoms with Crippen molar-refractivity contribution in [3.05, 3.63) is 77.3 Å². The quantitative estimate of drug-likeness (QED) is 0.385. The predicted molar refractivity (Wildman–Crippen MR) is 103 cm³/mol. The Hall–Kier alpha value is -1.61. The van der Waals surface area contributed by atoms with Crippen molar-refractivity contribution in [3.8, 4) is 22.4 Å². The number of benzene rings is 2.